The van der Waals surface area contributed by atoms with Gasteiger partial charge in [-0.3, -0.25) is 0 Å². The number of fused-ring (bicyclic) bond motifs is 1. The highest BCUT2D eigenvalue weighted by Gasteiger charge is 2.07. The van der Waals surface area contributed by atoms with Crippen LogP contribution in [-0.2, 0) is 0 Å². The number of thioether (sulfide) groups is 1. The first-order valence-electron chi connectivity index (χ1n) is 5.30. The van der Waals surface area contributed by atoms with Gasteiger partial charge >= 0.3 is 0 Å². The van der Waals surface area contributed by atoms with Gasteiger partial charge in [0.05, 0.1) is 5.39 Å². The van der Waals surface area contributed by atoms with Crippen LogP contribution in [0.3, 0.4) is 0 Å². The standard InChI is InChI=1S/C11H14ClN3S/c1-7(2)4-6-16-11-14-9(12)8-3-5-13-10(8)15-11/h3,5,7H,4,6H2,1-2H3,(H,13,14,15). The third kappa shape index (κ3) is 2.68. The Hall–Kier alpha value is -0.740. The van der Waals surface area contributed by atoms with Crippen molar-refractivity contribution in [2.75, 3.05) is 5.75 Å². The number of halogens is 1. The second-order valence-corrected chi connectivity index (χ2v) is 5.49. The van der Waals surface area contributed by atoms with Crippen molar-refractivity contribution >= 4 is 34.4 Å². The van der Waals surface area contributed by atoms with E-state index in [2.05, 4.69) is 28.8 Å². The van der Waals surface area contributed by atoms with Crippen LogP contribution < -0.4 is 0 Å². The predicted octanol–water partition coefficient (Wildman–Crippen LogP) is 3.75. The lowest BCUT2D eigenvalue weighted by molar-refractivity contribution is 0.631. The molecule has 0 fully saturated rings. The van der Waals surface area contributed by atoms with Crippen LogP contribution in [0.15, 0.2) is 17.4 Å². The van der Waals surface area contributed by atoms with Crippen molar-refractivity contribution in [2.24, 2.45) is 5.92 Å². The van der Waals surface area contributed by atoms with Gasteiger partial charge in [0, 0.05) is 11.9 Å². The van der Waals surface area contributed by atoms with Gasteiger partial charge in [0.1, 0.15) is 10.8 Å². The lowest BCUT2D eigenvalue weighted by Gasteiger charge is -2.03. The molecular weight excluding hydrogens is 242 g/mol. The Bertz CT molecular complexity index is 481. The number of nitrogens with zero attached hydrogens (tertiary/aromatic N) is 2. The maximum absolute atomic E-state index is 6.06. The SMILES string of the molecule is CC(C)CCSc1nc(Cl)c2cc[nH]c2n1. The van der Waals surface area contributed by atoms with Gasteiger partial charge in [-0.05, 0) is 18.4 Å². The minimum Gasteiger partial charge on any atom is -0.346 e. The smallest absolute Gasteiger partial charge is 0.190 e. The number of aromatic amines is 1. The van der Waals surface area contributed by atoms with Crippen LogP contribution in [0.25, 0.3) is 11.0 Å². The normalized spacial score (nSPS) is 11.5. The van der Waals surface area contributed by atoms with E-state index < -0.39 is 0 Å². The number of rotatable bonds is 4. The third-order valence-electron chi connectivity index (χ3n) is 2.28. The molecule has 2 rings (SSSR count). The molecule has 0 unspecified atom stereocenters. The maximum Gasteiger partial charge on any atom is 0.190 e. The molecule has 0 spiro atoms. The highest BCUT2D eigenvalue weighted by Crippen LogP contribution is 2.24. The maximum atomic E-state index is 6.06. The monoisotopic (exact) mass is 255 g/mol. The van der Waals surface area contributed by atoms with Gasteiger partial charge in [-0.25, -0.2) is 9.97 Å². The van der Waals surface area contributed by atoms with Crippen LogP contribution in [0.5, 0.6) is 0 Å². The molecule has 0 aliphatic rings. The van der Waals surface area contributed by atoms with E-state index in [1.807, 2.05) is 12.3 Å². The molecule has 0 atom stereocenters. The minimum absolute atomic E-state index is 0.526. The lowest BCUT2D eigenvalue weighted by atomic mass is 10.2. The molecule has 2 aromatic rings. The molecule has 0 aliphatic heterocycles. The Morgan fingerprint density at radius 1 is 1.44 bits per heavy atom. The molecule has 2 heterocycles. The van der Waals surface area contributed by atoms with E-state index in [9.17, 15) is 0 Å². The summed E-state index contributed by atoms with van der Waals surface area (Å²) in [6.45, 7) is 4.42. The van der Waals surface area contributed by atoms with Crippen molar-refractivity contribution in [3.05, 3.63) is 17.4 Å². The summed E-state index contributed by atoms with van der Waals surface area (Å²) in [4.78, 5) is 11.7. The number of aromatic nitrogens is 3. The Morgan fingerprint density at radius 3 is 3.00 bits per heavy atom. The quantitative estimate of drug-likeness (QED) is 0.514. The molecule has 0 aliphatic carbocycles. The molecule has 0 bridgehead atoms. The lowest BCUT2D eigenvalue weighted by Crippen LogP contribution is -1.93. The first-order chi connectivity index (χ1) is 7.66. The number of hydrogen-bond donors (Lipinski definition) is 1. The third-order valence-corrected chi connectivity index (χ3v) is 3.44. The molecule has 86 valence electrons. The van der Waals surface area contributed by atoms with E-state index in [0.717, 1.165) is 28.4 Å². The second-order valence-electron chi connectivity index (χ2n) is 4.07. The molecule has 0 aromatic carbocycles. The van der Waals surface area contributed by atoms with E-state index in [4.69, 9.17) is 11.6 Å². The zero-order chi connectivity index (χ0) is 11.5. The van der Waals surface area contributed by atoms with Crippen molar-refractivity contribution < 1.29 is 0 Å². The zero-order valence-corrected chi connectivity index (χ0v) is 10.9. The molecule has 0 radical (unpaired) electrons. The first-order valence-corrected chi connectivity index (χ1v) is 6.66. The Labute approximate surface area is 104 Å². The van der Waals surface area contributed by atoms with Crippen LogP contribution in [0, 0.1) is 5.92 Å². The molecule has 0 amide bonds. The van der Waals surface area contributed by atoms with Crippen molar-refractivity contribution in [3.63, 3.8) is 0 Å². The van der Waals surface area contributed by atoms with Crippen LogP contribution >= 0.6 is 23.4 Å². The number of hydrogen-bond acceptors (Lipinski definition) is 3. The molecule has 16 heavy (non-hydrogen) atoms. The minimum atomic E-state index is 0.526. The van der Waals surface area contributed by atoms with Crippen LogP contribution in [0.4, 0.5) is 0 Å². The summed E-state index contributed by atoms with van der Waals surface area (Å²) in [7, 11) is 0. The summed E-state index contributed by atoms with van der Waals surface area (Å²) >= 11 is 7.72. The molecule has 0 saturated carbocycles. The first kappa shape index (κ1) is 11.7. The molecule has 1 N–H and O–H groups in total. The van der Waals surface area contributed by atoms with Crippen molar-refractivity contribution in [3.8, 4) is 0 Å². The summed E-state index contributed by atoms with van der Waals surface area (Å²) in [5, 5.41) is 2.16. The van der Waals surface area contributed by atoms with Gasteiger partial charge in [0.15, 0.2) is 5.16 Å². The van der Waals surface area contributed by atoms with Crippen LogP contribution in [-0.4, -0.2) is 20.7 Å². The summed E-state index contributed by atoms with van der Waals surface area (Å²) in [6, 6.07) is 1.89. The summed E-state index contributed by atoms with van der Waals surface area (Å²) < 4.78 is 0. The average Bonchev–Trinajstić information content (AvgIpc) is 2.65. The average molecular weight is 256 g/mol. The topological polar surface area (TPSA) is 41.6 Å². The Balaban J connectivity index is 2.12. The zero-order valence-electron chi connectivity index (χ0n) is 9.33. The van der Waals surface area contributed by atoms with Crippen molar-refractivity contribution in [1.29, 1.82) is 0 Å². The van der Waals surface area contributed by atoms with Crippen LogP contribution in [0.1, 0.15) is 20.3 Å². The highest BCUT2D eigenvalue weighted by atomic mass is 35.5. The number of H-pyrrole nitrogens is 1. The molecular formula is C11H14ClN3S. The predicted molar refractivity (Wildman–Crippen MR) is 69.1 cm³/mol. The molecule has 5 heteroatoms. The fourth-order valence-electron chi connectivity index (χ4n) is 1.33. The van der Waals surface area contributed by atoms with Crippen molar-refractivity contribution in [1.82, 2.24) is 15.0 Å². The van der Waals surface area contributed by atoms with E-state index in [1.165, 1.54) is 0 Å². The second kappa shape index (κ2) is 5.06. The number of nitrogens with one attached hydrogen (secondary N) is 1. The van der Waals surface area contributed by atoms with Gasteiger partial charge in [-0.2, -0.15) is 0 Å². The Morgan fingerprint density at radius 2 is 2.25 bits per heavy atom. The van der Waals surface area contributed by atoms with Gasteiger partial charge in [0.25, 0.3) is 0 Å². The van der Waals surface area contributed by atoms with Gasteiger partial charge < -0.3 is 4.98 Å². The summed E-state index contributed by atoms with van der Waals surface area (Å²) in [6.07, 6.45) is 2.99. The van der Waals surface area contributed by atoms with E-state index >= 15 is 0 Å². The van der Waals surface area contributed by atoms with E-state index in [-0.39, 0.29) is 0 Å². The fraction of sp³-hybridized carbons (Fsp3) is 0.455. The van der Waals surface area contributed by atoms with Gasteiger partial charge in [-0.15, -0.1) is 0 Å². The van der Waals surface area contributed by atoms with Crippen LogP contribution in [0.2, 0.25) is 5.15 Å². The largest absolute Gasteiger partial charge is 0.346 e. The summed E-state index contributed by atoms with van der Waals surface area (Å²) in [5.74, 6) is 1.73. The highest BCUT2D eigenvalue weighted by molar-refractivity contribution is 7.99. The van der Waals surface area contributed by atoms with E-state index in [1.54, 1.807) is 11.8 Å². The van der Waals surface area contributed by atoms with Gasteiger partial charge in [-0.1, -0.05) is 37.2 Å². The molecule has 3 nitrogen and oxygen atoms in total. The summed E-state index contributed by atoms with van der Waals surface area (Å²) in [5.41, 5.74) is 0.812. The molecule has 0 saturated heterocycles. The van der Waals surface area contributed by atoms with E-state index in [0.29, 0.717) is 11.1 Å². The fourth-order valence-corrected chi connectivity index (χ4v) is 2.70. The van der Waals surface area contributed by atoms with Crippen molar-refractivity contribution in [2.45, 2.75) is 25.4 Å². The van der Waals surface area contributed by atoms with Gasteiger partial charge in [0.2, 0.25) is 0 Å². The Kier molecular flexibility index (Phi) is 3.71. The molecule has 2 aromatic heterocycles.